The molecule has 1 saturated heterocycles. The van der Waals surface area contributed by atoms with Crippen molar-refractivity contribution in [1.82, 2.24) is 19.4 Å². The van der Waals surface area contributed by atoms with Gasteiger partial charge in [0, 0.05) is 24.5 Å². The molecule has 0 spiro atoms. The molecular formula is C14H17FN4O2S2. The second-order valence-corrected chi connectivity index (χ2v) is 6.83. The molecule has 3 heterocycles. The van der Waals surface area contributed by atoms with Gasteiger partial charge in [-0.3, -0.25) is 13.9 Å². The molecule has 6 nitrogen and oxygen atoms in total. The molecule has 1 N–H and O–H groups in total. The van der Waals surface area contributed by atoms with Gasteiger partial charge in [-0.2, -0.15) is 0 Å². The number of hydrogen-bond acceptors (Lipinski definition) is 4. The Balaban J connectivity index is 2.21. The number of thiophene rings is 1. The lowest BCUT2D eigenvalue weighted by Crippen LogP contribution is -2.38. The van der Waals surface area contributed by atoms with Crippen LogP contribution in [0.15, 0.2) is 9.59 Å². The van der Waals surface area contributed by atoms with E-state index in [2.05, 4.69) is 5.32 Å². The maximum Gasteiger partial charge on any atom is 0.334 e. The third-order valence-electron chi connectivity index (χ3n) is 4.11. The smallest absolute Gasteiger partial charge is 0.334 e. The molecule has 9 heteroatoms. The molecular weight excluding hydrogens is 339 g/mol. The van der Waals surface area contributed by atoms with E-state index >= 15 is 0 Å². The van der Waals surface area contributed by atoms with Crippen molar-refractivity contribution in [2.45, 2.75) is 33.7 Å². The minimum absolute atomic E-state index is 0.221. The Morgan fingerprint density at radius 2 is 2.09 bits per heavy atom. The zero-order chi connectivity index (χ0) is 16.7. The van der Waals surface area contributed by atoms with Crippen molar-refractivity contribution >= 4 is 38.9 Å². The highest BCUT2D eigenvalue weighted by Crippen LogP contribution is 2.29. The summed E-state index contributed by atoms with van der Waals surface area (Å²) in [6.45, 7) is 4.96. The molecule has 0 unspecified atom stereocenters. The van der Waals surface area contributed by atoms with Crippen LogP contribution < -0.4 is 16.6 Å². The van der Waals surface area contributed by atoms with Crippen LogP contribution in [-0.2, 0) is 19.9 Å². The summed E-state index contributed by atoms with van der Waals surface area (Å²) in [6, 6.07) is 0. The van der Waals surface area contributed by atoms with Crippen LogP contribution >= 0.6 is 23.6 Å². The maximum atomic E-state index is 13.4. The first-order valence-corrected chi connectivity index (χ1v) is 8.56. The Kier molecular flexibility index (Phi) is 4.24. The lowest BCUT2D eigenvalue weighted by atomic mass is 10.2. The number of rotatable bonds is 4. The zero-order valence-corrected chi connectivity index (χ0v) is 14.5. The first kappa shape index (κ1) is 16.1. The molecule has 2 aromatic heterocycles. The predicted molar refractivity (Wildman–Crippen MR) is 92.9 cm³/mol. The van der Waals surface area contributed by atoms with E-state index in [-0.39, 0.29) is 12.1 Å². The molecule has 0 atom stereocenters. The summed E-state index contributed by atoms with van der Waals surface area (Å²) in [5.74, 6) is 0. The van der Waals surface area contributed by atoms with E-state index in [0.29, 0.717) is 21.9 Å². The van der Waals surface area contributed by atoms with Crippen molar-refractivity contribution in [2.24, 2.45) is 0 Å². The quantitative estimate of drug-likeness (QED) is 0.834. The van der Waals surface area contributed by atoms with Crippen LogP contribution in [0.4, 0.5) is 4.39 Å². The Morgan fingerprint density at radius 3 is 2.65 bits per heavy atom. The van der Waals surface area contributed by atoms with Gasteiger partial charge in [-0.1, -0.05) is 0 Å². The van der Waals surface area contributed by atoms with E-state index in [1.165, 1.54) is 11.3 Å². The molecule has 3 rings (SSSR count). The summed E-state index contributed by atoms with van der Waals surface area (Å²) >= 11 is 6.53. The SMILES string of the molecule is CCn1c(=O)c2c(C)c(CN3CCNC3=S)sc2n(CF)c1=O. The van der Waals surface area contributed by atoms with Crippen molar-refractivity contribution in [2.75, 3.05) is 13.1 Å². The summed E-state index contributed by atoms with van der Waals surface area (Å²) < 4.78 is 15.5. The Hall–Kier alpha value is -1.74. The normalized spacial score (nSPS) is 14.7. The Morgan fingerprint density at radius 1 is 1.35 bits per heavy atom. The predicted octanol–water partition coefficient (Wildman–Crippen LogP) is 1.17. The van der Waals surface area contributed by atoms with Crippen molar-refractivity contribution in [3.05, 3.63) is 31.3 Å². The van der Waals surface area contributed by atoms with Gasteiger partial charge in [0.15, 0.2) is 11.9 Å². The number of nitrogens with one attached hydrogen (secondary N) is 1. The van der Waals surface area contributed by atoms with Gasteiger partial charge in [0.1, 0.15) is 4.83 Å². The first-order valence-electron chi connectivity index (χ1n) is 7.34. The molecule has 0 amide bonds. The third-order valence-corrected chi connectivity index (χ3v) is 5.81. The minimum Gasteiger partial charge on any atom is -0.361 e. The molecule has 1 aliphatic rings. The topological polar surface area (TPSA) is 59.3 Å². The lowest BCUT2D eigenvalue weighted by molar-refractivity contribution is 0.367. The van der Waals surface area contributed by atoms with Crippen molar-refractivity contribution in [3.8, 4) is 0 Å². The van der Waals surface area contributed by atoms with Crippen LogP contribution in [0.5, 0.6) is 0 Å². The summed E-state index contributed by atoms with van der Waals surface area (Å²) in [6.07, 6.45) is 0. The average Bonchev–Trinajstić information content (AvgIpc) is 3.05. The average molecular weight is 356 g/mol. The molecule has 124 valence electrons. The van der Waals surface area contributed by atoms with Gasteiger partial charge < -0.3 is 10.2 Å². The monoisotopic (exact) mass is 356 g/mol. The highest BCUT2D eigenvalue weighted by Gasteiger charge is 2.22. The van der Waals surface area contributed by atoms with Gasteiger partial charge in [-0.25, -0.2) is 9.18 Å². The van der Waals surface area contributed by atoms with Crippen molar-refractivity contribution < 1.29 is 4.39 Å². The van der Waals surface area contributed by atoms with Gasteiger partial charge in [-0.15, -0.1) is 11.3 Å². The van der Waals surface area contributed by atoms with Crippen LogP contribution in [0.1, 0.15) is 17.4 Å². The van der Waals surface area contributed by atoms with Crippen LogP contribution in [0.25, 0.3) is 10.2 Å². The fourth-order valence-electron chi connectivity index (χ4n) is 2.81. The van der Waals surface area contributed by atoms with Crippen LogP contribution in [0.3, 0.4) is 0 Å². The molecule has 0 radical (unpaired) electrons. The van der Waals surface area contributed by atoms with Gasteiger partial charge in [0.25, 0.3) is 5.56 Å². The summed E-state index contributed by atoms with van der Waals surface area (Å²) in [7, 11) is 0. The second-order valence-electron chi connectivity index (χ2n) is 5.36. The first-order chi connectivity index (χ1) is 11.0. The largest absolute Gasteiger partial charge is 0.361 e. The van der Waals surface area contributed by atoms with Crippen LogP contribution in [0.2, 0.25) is 0 Å². The molecule has 0 bridgehead atoms. The standard InChI is InChI=1S/C14H17FN4O2S2/c1-3-18-11(20)10-8(2)9(6-17-5-4-16-13(17)22)23-12(10)19(7-15)14(18)21/h3-7H2,1-2H3,(H,16,22). The highest BCUT2D eigenvalue weighted by atomic mass is 32.1. The fraction of sp³-hybridized carbons (Fsp3) is 0.500. The van der Waals surface area contributed by atoms with Gasteiger partial charge in [0.05, 0.1) is 11.9 Å². The molecule has 1 aliphatic heterocycles. The molecule has 2 aromatic rings. The second kappa shape index (κ2) is 6.04. The summed E-state index contributed by atoms with van der Waals surface area (Å²) in [5, 5.41) is 4.19. The highest BCUT2D eigenvalue weighted by molar-refractivity contribution is 7.80. The molecule has 0 aliphatic carbocycles. The van der Waals surface area contributed by atoms with E-state index < -0.39 is 12.5 Å². The number of thiocarbonyl (C=S) groups is 1. The number of fused-ring (bicyclic) bond motifs is 1. The third kappa shape index (κ3) is 2.47. The maximum absolute atomic E-state index is 13.4. The minimum atomic E-state index is -0.946. The number of halogens is 1. The molecule has 1 fully saturated rings. The zero-order valence-electron chi connectivity index (χ0n) is 12.9. The Bertz CT molecular complexity index is 899. The number of nitrogens with zero attached hydrogens (tertiary/aromatic N) is 3. The molecule has 23 heavy (non-hydrogen) atoms. The van der Waals surface area contributed by atoms with E-state index in [1.54, 1.807) is 6.92 Å². The van der Waals surface area contributed by atoms with Crippen LogP contribution in [-0.4, -0.2) is 32.2 Å². The van der Waals surface area contributed by atoms with E-state index in [1.807, 2.05) is 11.8 Å². The van der Waals surface area contributed by atoms with E-state index in [9.17, 15) is 14.0 Å². The number of hydrogen-bond donors (Lipinski definition) is 1. The van der Waals surface area contributed by atoms with Gasteiger partial charge in [0.2, 0.25) is 0 Å². The van der Waals surface area contributed by atoms with Gasteiger partial charge in [-0.05, 0) is 31.6 Å². The Labute approximate surface area is 141 Å². The van der Waals surface area contributed by atoms with Crippen LogP contribution in [0, 0.1) is 6.92 Å². The summed E-state index contributed by atoms with van der Waals surface area (Å²) in [4.78, 5) is 28.1. The molecule has 0 saturated carbocycles. The lowest BCUT2D eigenvalue weighted by Gasteiger charge is -2.15. The molecule has 0 aromatic carbocycles. The van der Waals surface area contributed by atoms with Gasteiger partial charge >= 0.3 is 5.69 Å². The van der Waals surface area contributed by atoms with E-state index in [4.69, 9.17) is 12.2 Å². The number of alkyl halides is 1. The van der Waals surface area contributed by atoms with Crippen molar-refractivity contribution in [3.63, 3.8) is 0 Å². The number of aromatic nitrogens is 2. The van der Waals surface area contributed by atoms with E-state index in [0.717, 1.165) is 32.7 Å². The summed E-state index contributed by atoms with van der Waals surface area (Å²) in [5.41, 5.74) is -0.146. The van der Waals surface area contributed by atoms with Crippen molar-refractivity contribution in [1.29, 1.82) is 0 Å². The number of aryl methyl sites for hydroxylation is 1. The fourth-order valence-corrected chi connectivity index (χ4v) is 4.36.